The van der Waals surface area contributed by atoms with Crippen LogP contribution in [0, 0.1) is 24.7 Å². The summed E-state index contributed by atoms with van der Waals surface area (Å²) in [6.07, 6.45) is 1.58. The smallest absolute Gasteiger partial charge is 0.257 e. The van der Waals surface area contributed by atoms with Gasteiger partial charge in [0.15, 0.2) is 0 Å². The topological polar surface area (TPSA) is 72.5 Å². The number of nitrogens with one attached hydrogen (secondary N) is 1. The highest BCUT2D eigenvalue weighted by molar-refractivity contribution is 6.44. The monoisotopic (exact) mass is 383 g/mol. The van der Waals surface area contributed by atoms with Crippen LogP contribution in [0.15, 0.2) is 24.4 Å². The Balaban J connectivity index is 2.30. The first-order valence-corrected chi connectivity index (χ1v) is 8.66. The van der Waals surface area contributed by atoms with Crippen LogP contribution in [0.4, 0.5) is 15.8 Å². The molecule has 0 aliphatic heterocycles. The van der Waals surface area contributed by atoms with Gasteiger partial charge in [0.25, 0.3) is 5.91 Å². The van der Waals surface area contributed by atoms with E-state index in [0.29, 0.717) is 5.56 Å². The van der Waals surface area contributed by atoms with Crippen LogP contribution < -0.4 is 5.32 Å². The van der Waals surface area contributed by atoms with Gasteiger partial charge in [-0.3, -0.25) is 14.4 Å². The number of carbonyl (C=O) groups excluding carboxylic acids is 3. The minimum Gasteiger partial charge on any atom is -0.347 e. The molecule has 0 radical (unpaired) electrons. The molecule has 0 unspecified atom stereocenters. The van der Waals surface area contributed by atoms with Crippen LogP contribution in [0.1, 0.15) is 53.6 Å². The molecular weight excluding hydrogens is 361 g/mol. The Labute approximate surface area is 163 Å². The van der Waals surface area contributed by atoms with Crippen molar-refractivity contribution in [3.05, 3.63) is 58.5 Å². The third-order valence-corrected chi connectivity index (χ3v) is 4.16. The number of hydrogen-bond donors (Lipinski definition) is 1. The SMILES string of the molecule is [C-]#[N+]c1cc(NC(=O)c2cn(C)c(C(=O)C(=O)CC(C)(C)C)c2C)ccc1F. The molecule has 1 aromatic heterocycles. The molecule has 0 aliphatic carbocycles. The first-order chi connectivity index (χ1) is 12.9. The number of Topliss-reactive ketones (excluding diaryl/α,β-unsaturated/α-hetero) is 2. The molecule has 0 atom stereocenters. The molecule has 7 heteroatoms. The summed E-state index contributed by atoms with van der Waals surface area (Å²) in [4.78, 5) is 40.6. The van der Waals surface area contributed by atoms with Crippen molar-refractivity contribution in [1.82, 2.24) is 4.57 Å². The largest absolute Gasteiger partial charge is 0.347 e. The number of carbonyl (C=O) groups is 3. The summed E-state index contributed by atoms with van der Waals surface area (Å²) in [6.45, 7) is 14.2. The van der Waals surface area contributed by atoms with Crippen molar-refractivity contribution in [2.45, 2.75) is 34.1 Å². The van der Waals surface area contributed by atoms with Gasteiger partial charge in [0.2, 0.25) is 17.3 Å². The summed E-state index contributed by atoms with van der Waals surface area (Å²) in [5, 5.41) is 2.59. The number of rotatable bonds is 5. The zero-order valence-electron chi connectivity index (χ0n) is 16.5. The number of halogens is 1. The molecule has 146 valence electrons. The van der Waals surface area contributed by atoms with Gasteiger partial charge in [0.05, 0.1) is 17.8 Å². The van der Waals surface area contributed by atoms with Gasteiger partial charge in [-0.2, -0.15) is 0 Å². The molecule has 0 fully saturated rings. The summed E-state index contributed by atoms with van der Waals surface area (Å²) in [5.41, 5.74) is 0.515. The molecular formula is C21H22FN3O3. The highest BCUT2D eigenvalue weighted by Crippen LogP contribution is 2.25. The Hall–Kier alpha value is -3.27. The van der Waals surface area contributed by atoms with Crippen LogP contribution in [-0.2, 0) is 11.8 Å². The number of benzene rings is 1. The Morgan fingerprint density at radius 2 is 1.89 bits per heavy atom. The first kappa shape index (κ1) is 21.0. The van der Waals surface area contributed by atoms with Gasteiger partial charge in [0, 0.05) is 25.4 Å². The maximum atomic E-state index is 13.4. The maximum absolute atomic E-state index is 13.4. The average Bonchev–Trinajstić information content (AvgIpc) is 2.89. The van der Waals surface area contributed by atoms with Crippen molar-refractivity contribution in [2.24, 2.45) is 12.5 Å². The fourth-order valence-electron chi connectivity index (χ4n) is 2.88. The van der Waals surface area contributed by atoms with E-state index < -0.39 is 23.3 Å². The molecule has 0 bridgehead atoms. The van der Waals surface area contributed by atoms with E-state index in [1.807, 2.05) is 20.8 Å². The molecule has 0 saturated carbocycles. The average molecular weight is 383 g/mol. The Kier molecular flexibility index (Phi) is 5.84. The minimum atomic E-state index is -0.672. The number of amides is 1. The van der Waals surface area contributed by atoms with Crippen LogP contribution >= 0.6 is 0 Å². The predicted molar refractivity (Wildman–Crippen MR) is 104 cm³/mol. The number of ketones is 2. The minimum absolute atomic E-state index is 0.104. The molecule has 1 heterocycles. The lowest BCUT2D eigenvalue weighted by atomic mass is 9.88. The summed E-state index contributed by atoms with van der Waals surface area (Å²) >= 11 is 0. The van der Waals surface area contributed by atoms with Crippen LogP contribution in [0.2, 0.25) is 0 Å². The lowest BCUT2D eigenvalue weighted by Crippen LogP contribution is -2.23. The molecule has 1 amide bonds. The van der Waals surface area contributed by atoms with Crippen molar-refractivity contribution in [2.75, 3.05) is 5.32 Å². The molecule has 2 rings (SSSR count). The van der Waals surface area contributed by atoms with Crippen LogP contribution in [0.5, 0.6) is 0 Å². The van der Waals surface area contributed by atoms with Crippen molar-refractivity contribution < 1.29 is 18.8 Å². The standard InChI is InChI=1S/C21H22FN3O3/c1-12-14(20(28)24-13-7-8-15(22)16(9-13)23-5)11-25(6)18(12)19(27)17(26)10-21(2,3)4/h7-9,11H,10H2,1-4,6H3,(H,24,28). The molecule has 2 aromatic rings. The Morgan fingerprint density at radius 1 is 1.25 bits per heavy atom. The fourth-order valence-corrected chi connectivity index (χ4v) is 2.88. The summed E-state index contributed by atoms with van der Waals surface area (Å²) in [6, 6.07) is 3.68. The van der Waals surface area contributed by atoms with E-state index >= 15 is 0 Å². The Morgan fingerprint density at radius 3 is 2.46 bits per heavy atom. The zero-order valence-corrected chi connectivity index (χ0v) is 16.5. The van der Waals surface area contributed by atoms with E-state index in [2.05, 4.69) is 10.2 Å². The van der Waals surface area contributed by atoms with E-state index in [1.165, 1.54) is 22.9 Å². The van der Waals surface area contributed by atoms with Crippen molar-refractivity contribution in [3.8, 4) is 0 Å². The predicted octanol–water partition coefficient (Wildman–Crippen LogP) is 4.46. The number of anilines is 1. The van der Waals surface area contributed by atoms with E-state index in [-0.39, 0.29) is 34.5 Å². The van der Waals surface area contributed by atoms with E-state index in [0.717, 1.165) is 6.07 Å². The molecule has 1 aromatic carbocycles. The maximum Gasteiger partial charge on any atom is 0.257 e. The van der Waals surface area contributed by atoms with Gasteiger partial charge < -0.3 is 9.88 Å². The van der Waals surface area contributed by atoms with Gasteiger partial charge in [-0.1, -0.05) is 20.8 Å². The van der Waals surface area contributed by atoms with Gasteiger partial charge in [-0.15, -0.1) is 0 Å². The van der Waals surface area contributed by atoms with Gasteiger partial charge in [-0.05, 0) is 36.1 Å². The normalized spacial score (nSPS) is 11.0. The quantitative estimate of drug-likeness (QED) is 0.471. The fraction of sp³-hybridized carbons (Fsp3) is 0.333. The second-order valence-electron chi connectivity index (χ2n) is 7.85. The molecule has 0 aliphatic rings. The van der Waals surface area contributed by atoms with Crippen molar-refractivity contribution in [1.29, 1.82) is 0 Å². The number of aromatic nitrogens is 1. The first-order valence-electron chi connectivity index (χ1n) is 8.66. The lowest BCUT2D eigenvalue weighted by molar-refractivity contribution is -0.116. The summed E-state index contributed by atoms with van der Waals surface area (Å²) in [5.74, 6) is -2.33. The molecule has 6 nitrogen and oxygen atoms in total. The zero-order chi connectivity index (χ0) is 21.2. The number of nitrogens with zero attached hydrogens (tertiary/aromatic N) is 2. The molecule has 28 heavy (non-hydrogen) atoms. The second-order valence-corrected chi connectivity index (χ2v) is 7.85. The van der Waals surface area contributed by atoms with E-state index in [1.54, 1.807) is 14.0 Å². The lowest BCUT2D eigenvalue weighted by Gasteiger charge is -2.16. The highest BCUT2D eigenvalue weighted by atomic mass is 19.1. The summed E-state index contributed by atoms with van der Waals surface area (Å²) < 4.78 is 14.9. The van der Waals surface area contributed by atoms with Crippen LogP contribution in [0.25, 0.3) is 4.85 Å². The van der Waals surface area contributed by atoms with Gasteiger partial charge in [0.1, 0.15) is 5.82 Å². The third-order valence-electron chi connectivity index (χ3n) is 4.16. The Bertz CT molecular complexity index is 1010. The molecule has 0 saturated heterocycles. The van der Waals surface area contributed by atoms with E-state index in [4.69, 9.17) is 6.57 Å². The molecule has 1 N–H and O–H groups in total. The van der Waals surface area contributed by atoms with Crippen LogP contribution in [0.3, 0.4) is 0 Å². The molecule has 0 spiro atoms. The number of aryl methyl sites for hydroxylation is 1. The number of hydrogen-bond acceptors (Lipinski definition) is 3. The highest BCUT2D eigenvalue weighted by Gasteiger charge is 2.28. The van der Waals surface area contributed by atoms with E-state index in [9.17, 15) is 18.8 Å². The van der Waals surface area contributed by atoms with Crippen LogP contribution in [-0.4, -0.2) is 22.0 Å². The van der Waals surface area contributed by atoms with Crippen molar-refractivity contribution in [3.63, 3.8) is 0 Å². The van der Waals surface area contributed by atoms with Gasteiger partial charge >= 0.3 is 0 Å². The van der Waals surface area contributed by atoms with Crippen molar-refractivity contribution >= 4 is 28.8 Å². The third kappa shape index (κ3) is 4.52. The summed E-state index contributed by atoms with van der Waals surface area (Å²) in [7, 11) is 1.59. The second kappa shape index (κ2) is 7.77. The van der Waals surface area contributed by atoms with Gasteiger partial charge in [-0.25, -0.2) is 9.24 Å².